The van der Waals surface area contributed by atoms with Crippen LogP contribution in [0.15, 0.2) is 18.7 Å². The fourth-order valence-electron chi connectivity index (χ4n) is 3.52. The number of hydrogen-bond donors (Lipinski definition) is 0. The Labute approximate surface area is 142 Å². The van der Waals surface area contributed by atoms with Gasteiger partial charge in [0.1, 0.15) is 0 Å². The molecule has 1 aromatic rings. The number of sulfone groups is 1. The third kappa shape index (κ3) is 3.12. The Bertz CT molecular complexity index is 770. The molecule has 0 unspecified atom stereocenters. The quantitative estimate of drug-likeness (QED) is 0.739. The highest BCUT2D eigenvalue weighted by atomic mass is 32.2. The summed E-state index contributed by atoms with van der Waals surface area (Å²) in [4.78, 5) is 16.8. The summed E-state index contributed by atoms with van der Waals surface area (Å²) in [5.41, 5.74) is 0.688. The van der Waals surface area contributed by atoms with Crippen molar-refractivity contribution in [2.75, 3.05) is 31.6 Å². The SMILES string of the molecule is C=CCN(C(=O)c1cc2n(n1)CCN(C)C2)[C@]1(C)CCS(=O)(=O)C1. The minimum absolute atomic E-state index is 0.00408. The first-order chi connectivity index (χ1) is 11.2. The third-order valence-corrected chi connectivity index (χ3v) is 6.79. The lowest BCUT2D eigenvalue weighted by Gasteiger charge is -2.36. The maximum absolute atomic E-state index is 13.0. The van der Waals surface area contributed by atoms with Crippen molar-refractivity contribution in [2.24, 2.45) is 0 Å². The minimum atomic E-state index is -3.10. The maximum atomic E-state index is 13.0. The normalized spacial score (nSPS) is 26.1. The second kappa shape index (κ2) is 6.00. The smallest absolute Gasteiger partial charge is 0.275 e. The van der Waals surface area contributed by atoms with Gasteiger partial charge in [0, 0.05) is 19.6 Å². The third-order valence-electron chi connectivity index (χ3n) is 4.90. The first-order valence-electron chi connectivity index (χ1n) is 8.13. The average molecular weight is 352 g/mol. The lowest BCUT2D eigenvalue weighted by molar-refractivity contribution is 0.0589. The summed E-state index contributed by atoms with van der Waals surface area (Å²) in [6.45, 7) is 8.27. The lowest BCUT2D eigenvalue weighted by Crippen LogP contribution is -2.51. The van der Waals surface area contributed by atoms with E-state index in [1.54, 1.807) is 11.0 Å². The average Bonchev–Trinajstić information content (AvgIpc) is 3.04. The number of amides is 1. The van der Waals surface area contributed by atoms with Gasteiger partial charge in [-0.3, -0.25) is 14.4 Å². The standard InChI is InChI=1S/C16H24N4O3S/c1-4-6-19(16(2)5-9-24(22,23)12-16)15(21)14-10-13-11-18(3)7-8-20(13)17-14/h4,10H,1,5-9,11-12H2,2-3H3/t16-/m1/s1. The van der Waals surface area contributed by atoms with E-state index in [4.69, 9.17) is 0 Å². The van der Waals surface area contributed by atoms with Gasteiger partial charge in [-0.1, -0.05) is 6.08 Å². The van der Waals surface area contributed by atoms with Gasteiger partial charge in [0.15, 0.2) is 15.5 Å². The van der Waals surface area contributed by atoms with E-state index in [-0.39, 0.29) is 17.4 Å². The molecule has 0 aliphatic carbocycles. The molecule has 132 valence electrons. The van der Waals surface area contributed by atoms with Crippen molar-refractivity contribution < 1.29 is 13.2 Å². The number of nitrogens with zero attached hydrogens (tertiary/aromatic N) is 4. The van der Waals surface area contributed by atoms with Crippen molar-refractivity contribution in [3.8, 4) is 0 Å². The Kier molecular flexibility index (Phi) is 4.29. The zero-order chi connectivity index (χ0) is 17.5. The van der Waals surface area contributed by atoms with Gasteiger partial charge in [-0.15, -0.1) is 6.58 Å². The fourth-order valence-corrected chi connectivity index (χ4v) is 5.67. The van der Waals surface area contributed by atoms with E-state index in [0.717, 1.165) is 25.3 Å². The summed E-state index contributed by atoms with van der Waals surface area (Å²) in [6, 6.07) is 1.82. The van der Waals surface area contributed by atoms with Crippen LogP contribution in [0.5, 0.6) is 0 Å². The number of carbonyl (C=O) groups is 1. The van der Waals surface area contributed by atoms with E-state index >= 15 is 0 Å². The van der Waals surface area contributed by atoms with Crippen LogP contribution in [0, 0.1) is 0 Å². The molecule has 0 aromatic carbocycles. The van der Waals surface area contributed by atoms with Crippen molar-refractivity contribution in [3.05, 3.63) is 30.1 Å². The Hall–Kier alpha value is -1.67. The second-order valence-corrected chi connectivity index (χ2v) is 9.21. The molecule has 3 heterocycles. The van der Waals surface area contributed by atoms with E-state index in [1.165, 1.54) is 0 Å². The molecule has 2 aliphatic heterocycles. The van der Waals surface area contributed by atoms with Crippen LogP contribution in [0.25, 0.3) is 0 Å². The van der Waals surface area contributed by atoms with Gasteiger partial charge in [-0.25, -0.2) is 8.42 Å². The van der Waals surface area contributed by atoms with Gasteiger partial charge in [-0.05, 0) is 26.5 Å². The Balaban J connectivity index is 1.89. The molecule has 1 aromatic heterocycles. The Morgan fingerprint density at radius 3 is 2.88 bits per heavy atom. The molecule has 0 radical (unpaired) electrons. The van der Waals surface area contributed by atoms with Crippen LogP contribution >= 0.6 is 0 Å². The lowest BCUT2D eigenvalue weighted by atomic mass is 9.98. The maximum Gasteiger partial charge on any atom is 0.275 e. The van der Waals surface area contributed by atoms with E-state index in [2.05, 4.69) is 16.6 Å². The van der Waals surface area contributed by atoms with Crippen molar-refractivity contribution in [1.29, 1.82) is 0 Å². The van der Waals surface area contributed by atoms with Gasteiger partial charge in [-0.2, -0.15) is 5.10 Å². The molecule has 1 atom stereocenters. The van der Waals surface area contributed by atoms with E-state index < -0.39 is 15.4 Å². The number of likely N-dealkylation sites (N-methyl/N-ethyl adjacent to an activating group) is 1. The number of aromatic nitrogens is 2. The molecule has 0 bridgehead atoms. The van der Waals surface area contributed by atoms with Crippen LogP contribution in [-0.2, 0) is 22.9 Å². The van der Waals surface area contributed by atoms with Crippen LogP contribution in [0.3, 0.4) is 0 Å². The number of carbonyl (C=O) groups excluding carboxylic acids is 1. The summed E-state index contributed by atoms with van der Waals surface area (Å²) in [7, 11) is -1.07. The first-order valence-corrected chi connectivity index (χ1v) is 9.95. The largest absolute Gasteiger partial charge is 0.327 e. The van der Waals surface area contributed by atoms with Crippen LogP contribution in [0.1, 0.15) is 29.5 Å². The highest BCUT2D eigenvalue weighted by Gasteiger charge is 2.45. The van der Waals surface area contributed by atoms with E-state index in [1.807, 2.05) is 24.7 Å². The topological polar surface area (TPSA) is 75.5 Å². The number of hydrogen-bond acceptors (Lipinski definition) is 5. The molecule has 0 saturated carbocycles. The van der Waals surface area contributed by atoms with Gasteiger partial charge in [0.05, 0.1) is 29.3 Å². The molecule has 1 fully saturated rings. The molecule has 7 nitrogen and oxygen atoms in total. The van der Waals surface area contributed by atoms with Crippen LogP contribution in [-0.4, -0.2) is 71.1 Å². The molecule has 8 heteroatoms. The summed E-state index contributed by atoms with van der Waals surface area (Å²) < 4.78 is 25.7. The zero-order valence-corrected chi connectivity index (χ0v) is 15.0. The zero-order valence-electron chi connectivity index (χ0n) is 14.2. The summed E-state index contributed by atoms with van der Waals surface area (Å²) in [5, 5.41) is 4.44. The van der Waals surface area contributed by atoms with Crippen molar-refractivity contribution in [2.45, 2.75) is 32.0 Å². The summed E-state index contributed by atoms with van der Waals surface area (Å²) in [6.07, 6.45) is 2.09. The molecular weight excluding hydrogens is 328 g/mol. The molecule has 1 amide bonds. The highest BCUT2D eigenvalue weighted by Crippen LogP contribution is 2.31. The van der Waals surface area contributed by atoms with Crippen molar-refractivity contribution in [1.82, 2.24) is 19.6 Å². The minimum Gasteiger partial charge on any atom is -0.327 e. The molecular formula is C16H24N4O3S. The Morgan fingerprint density at radius 1 is 1.50 bits per heavy atom. The first kappa shape index (κ1) is 17.2. The molecule has 0 N–H and O–H groups in total. The van der Waals surface area contributed by atoms with E-state index in [0.29, 0.717) is 18.7 Å². The molecule has 24 heavy (non-hydrogen) atoms. The van der Waals surface area contributed by atoms with Crippen LogP contribution < -0.4 is 0 Å². The Morgan fingerprint density at radius 2 is 2.25 bits per heavy atom. The van der Waals surface area contributed by atoms with Gasteiger partial charge in [0.2, 0.25) is 0 Å². The molecule has 1 saturated heterocycles. The molecule has 2 aliphatic rings. The summed E-state index contributed by atoms with van der Waals surface area (Å²) in [5.74, 6) is -0.107. The summed E-state index contributed by atoms with van der Waals surface area (Å²) >= 11 is 0. The van der Waals surface area contributed by atoms with Crippen molar-refractivity contribution >= 4 is 15.7 Å². The van der Waals surface area contributed by atoms with Crippen LogP contribution in [0.2, 0.25) is 0 Å². The van der Waals surface area contributed by atoms with Crippen LogP contribution in [0.4, 0.5) is 0 Å². The predicted molar refractivity (Wildman–Crippen MR) is 91.5 cm³/mol. The monoisotopic (exact) mass is 352 g/mol. The fraction of sp³-hybridized carbons (Fsp3) is 0.625. The van der Waals surface area contributed by atoms with E-state index in [9.17, 15) is 13.2 Å². The number of fused-ring (bicyclic) bond motifs is 1. The predicted octanol–water partition coefficient (Wildman–Crippen LogP) is 0.534. The van der Waals surface area contributed by atoms with Crippen molar-refractivity contribution in [3.63, 3.8) is 0 Å². The highest BCUT2D eigenvalue weighted by molar-refractivity contribution is 7.91. The number of rotatable bonds is 4. The van der Waals surface area contributed by atoms with Gasteiger partial charge in [0.25, 0.3) is 5.91 Å². The molecule has 3 rings (SSSR count). The van der Waals surface area contributed by atoms with Gasteiger partial charge < -0.3 is 4.90 Å². The van der Waals surface area contributed by atoms with Gasteiger partial charge >= 0.3 is 0 Å². The second-order valence-electron chi connectivity index (χ2n) is 7.03. The molecule has 0 spiro atoms.